The predicted octanol–water partition coefficient (Wildman–Crippen LogP) is 2.42. The molecular formula is C16H25N5O2S. The number of nitrogens with one attached hydrogen (secondary N) is 2. The van der Waals surface area contributed by atoms with E-state index < -0.39 is 0 Å². The van der Waals surface area contributed by atoms with Gasteiger partial charge in [0.2, 0.25) is 5.91 Å². The zero-order chi connectivity index (χ0) is 17.1. The van der Waals surface area contributed by atoms with Crippen molar-refractivity contribution < 1.29 is 9.59 Å². The number of aryl methyl sites for hydroxylation is 1. The van der Waals surface area contributed by atoms with Crippen molar-refractivity contribution in [2.45, 2.75) is 69.6 Å². The Kier molecular flexibility index (Phi) is 5.43. The summed E-state index contributed by atoms with van der Waals surface area (Å²) in [5, 5.41) is 14.3. The SMILES string of the molecule is Cc1nnc(SCC(=O)NC(=O)N[C@H]2CCCC[C@H]2C)n1C1CC1. The zero-order valence-corrected chi connectivity index (χ0v) is 15.1. The number of thioether (sulfide) groups is 1. The van der Waals surface area contributed by atoms with Crippen LogP contribution in [0.5, 0.6) is 0 Å². The molecule has 2 N–H and O–H groups in total. The van der Waals surface area contributed by atoms with Crippen molar-refractivity contribution in [2.75, 3.05) is 5.75 Å². The van der Waals surface area contributed by atoms with E-state index in [0.29, 0.717) is 12.0 Å². The Bertz CT molecular complexity index is 614. The first-order chi connectivity index (χ1) is 11.5. The summed E-state index contributed by atoms with van der Waals surface area (Å²) in [5.41, 5.74) is 0. The minimum atomic E-state index is -0.390. The van der Waals surface area contributed by atoms with Crippen LogP contribution in [-0.2, 0) is 4.79 Å². The Labute approximate surface area is 146 Å². The molecule has 24 heavy (non-hydrogen) atoms. The van der Waals surface area contributed by atoms with E-state index in [0.717, 1.165) is 43.1 Å². The smallest absolute Gasteiger partial charge is 0.321 e. The summed E-state index contributed by atoms with van der Waals surface area (Å²) in [5.74, 6) is 1.21. The first kappa shape index (κ1) is 17.3. The lowest BCUT2D eigenvalue weighted by Crippen LogP contribution is -2.48. The third kappa shape index (κ3) is 4.28. The molecule has 0 unspecified atom stereocenters. The van der Waals surface area contributed by atoms with E-state index in [9.17, 15) is 9.59 Å². The van der Waals surface area contributed by atoms with Crippen molar-refractivity contribution in [1.29, 1.82) is 0 Å². The van der Waals surface area contributed by atoms with E-state index in [2.05, 4.69) is 32.3 Å². The van der Waals surface area contributed by atoms with E-state index in [1.165, 1.54) is 18.2 Å². The van der Waals surface area contributed by atoms with Gasteiger partial charge in [0.15, 0.2) is 5.16 Å². The summed E-state index contributed by atoms with van der Waals surface area (Å²) < 4.78 is 2.09. The molecule has 3 rings (SSSR count). The average Bonchev–Trinajstić information content (AvgIpc) is 3.30. The van der Waals surface area contributed by atoms with Gasteiger partial charge in [0, 0.05) is 12.1 Å². The van der Waals surface area contributed by atoms with E-state index in [1.54, 1.807) is 0 Å². The van der Waals surface area contributed by atoms with Crippen LogP contribution in [0.4, 0.5) is 4.79 Å². The number of nitrogens with zero attached hydrogens (tertiary/aromatic N) is 3. The number of carbonyl (C=O) groups excluding carboxylic acids is 2. The van der Waals surface area contributed by atoms with Gasteiger partial charge >= 0.3 is 6.03 Å². The largest absolute Gasteiger partial charge is 0.335 e. The summed E-state index contributed by atoms with van der Waals surface area (Å²) >= 11 is 1.33. The fourth-order valence-electron chi connectivity index (χ4n) is 3.23. The molecule has 2 atom stereocenters. The van der Waals surface area contributed by atoms with E-state index >= 15 is 0 Å². The summed E-state index contributed by atoms with van der Waals surface area (Å²) in [6, 6.07) is 0.251. The Morgan fingerprint density at radius 1 is 1.21 bits per heavy atom. The van der Waals surface area contributed by atoms with E-state index in [1.807, 2.05) is 6.92 Å². The Morgan fingerprint density at radius 2 is 1.96 bits per heavy atom. The molecule has 132 valence electrons. The maximum Gasteiger partial charge on any atom is 0.321 e. The highest BCUT2D eigenvalue weighted by Gasteiger charge is 2.28. The van der Waals surface area contributed by atoms with Crippen LogP contribution in [0.1, 0.15) is 57.3 Å². The molecule has 2 aliphatic rings. The zero-order valence-electron chi connectivity index (χ0n) is 14.2. The second-order valence-corrected chi connectivity index (χ2v) is 7.75. The van der Waals surface area contributed by atoms with Crippen molar-refractivity contribution >= 4 is 23.7 Å². The van der Waals surface area contributed by atoms with Crippen LogP contribution in [0, 0.1) is 12.8 Å². The second kappa shape index (κ2) is 7.55. The molecule has 0 bridgehead atoms. The van der Waals surface area contributed by atoms with Gasteiger partial charge in [0.05, 0.1) is 5.75 Å². The Hall–Kier alpha value is -1.57. The molecule has 0 spiro atoms. The fraction of sp³-hybridized carbons (Fsp3) is 0.750. The molecule has 1 heterocycles. The molecule has 7 nitrogen and oxygen atoms in total. The van der Waals surface area contributed by atoms with E-state index in [-0.39, 0.29) is 23.7 Å². The number of urea groups is 1. The van der Waals surface area contributed by atoms with Gasteiger partial charge in [-0.3, -0.25) is 10.1 Å². The van der Waals surface area contributed by atoms with Crippen LogP contribution in [0.3, 0.4) is 0 Å². The highest BCUT2D eigenvalue weighted by molar-refractivity contribution is 7.99. The summed E-state index contributed by atoms with van der Waals surface area (Å²) in [4.78, 5) is 24.0. The van der Waals surface area contributed by atoms with Crippen molar-refractivity contribution in [2.24, 2.45) is 5.92 Å². The molecule has 2 saturated carbocycles. The number of rotatable bonds is 5. The molecule has 1 aromatic heterocycles. The quantitative estimate of drug-likeness (QED) is 0.795. The minimum absolute atomic E-state index is 0.165. The van der Waals surface area contributed by atoms with Crippen LogP contribution in [0.15, 0.2) is 5.16 Å². The predicted molar refractivity (Wildman–Crippen MR) is 91.8 cm³/mol. The van der Waals surface area contributed by atoms with E-state index in [4.69, 9.17) is 0 Å². The molecule has 2 fully saturated rings. The van der Waals surface area contributed by atoms with Crippen molar-refractivity contribution in [3.05, 3.63) is 5.82 Å². The van der Waals surface area contributed by atoms with Gasteiger partial charge in [0.1, 0.15) is 5.82 Å². The monoisotopic (exact) mass is 351 g/mol. The summed E-state index contributed by atoms with van der Waals surface area (Å²) in [6.07, 6.45) is 6.75. The van der Waals surface area contributed by atoms with Crippen LogP contribution >= 0.6 is 11.8 Å². The van der Waals surface area contributed by atoms with Gasteiger partial charge in [-0.15, -0.1) is 10.2 Å². The number of imide groups is 1. The minimum Gasteiger partial charge on any atom is -0.335 e. The molecule has 0 aliphatic heterocycles. The summed E-state index contributed by atoms with van der Waals surface area (Å²) in [7, 11) is 0. The van der Waals surface area contributed by atoms with Crippen LogP contribution in [0.2, 0.25) is 0 Å². The molecule has 0 aromatic carbocycles. The van der Waals surface area contributed by atoms with Gasteiger partial charge in [-0.05, 0) is 38.5 Å². The first-order valence-corrected chi connectivity index (χ1v) is 9.68. The van der Waals surface area contributed by atoms with Crippen molar-refractivity contribution in [3.8, 4) is 0 Å². The van der Waals surface area contributed by atoms with Crippen LogP contribution in [0.25, 0.3) is 0 Å². The van der Waals surface area contributed by atoms with Crippen LogP contribution < -0.4 is 10.6 Å². The van der Waals surface area contributed by atoms with Gasteiger partial charge in [0.25, 0.3) is 0 Å². The molecule has 8 heteroatoms. The number of amides is 3. The van der Waals surface area contributed by atoms with Crippen molar-refractivity contribution in [1.82, 2.24) is 25.4 Å². The van der Waals surface area contributed by atoms with Gasteiger partial charge in [-0.2, -0.15) is 0 Å². The van der Waals surface area contributed by atoms with Gasteiger partial charge < -0.3 is 9.88 Å². The topological polar surface area (TPSA) is 88.9 Å². The fourth-order valence-corrected chi connectivity index (χ4v) is 4.08. The molecule has 0 saturated heterocycles. The average molecular weight is 351 g/mol. The highest BCUT2D eigenvalue weighted by Crippen LogP contribution is 2.38. The lowest BCUT2D eigenvalue weighted by atomic mass is 9.86. The number of hydrogen-bond acceptors (Lipinski definition) is 5. The highest BCUT2D eigenvalue weighted by atomic mass is 32.2. The molecule has 0 radical (unpaired) electrons. The second-order valence-electron chi connectivity index (χ2n) is 6.81. The molecule has 1 aromatic rings. The lowest BCUT2D eigenvalue weighted by molar-refractivity contribution is -0.117. The Morgan fingerprint density at radius 3 is 2.67 bits per heavy atom. The number of aromatic nitrogens is 3. The standard InChI is InChI=1S/C16H25N5O2S/c1-10-5-3-4-6-13(10)17-15(23)18-14(22)9-24-16-20-19-11(2)21(16)12-7-8-12/h10,12-13H,3-9H2,1-2H3,(H2,17,18,22,23)/t10-,13+/m1/s1. The maximum atomic E-state index is 12.0. The molecule has 3 amide bonds. The number of carbonyl (C=O) groups is 2. The normalized spacial score (nSPS) is 23.8. The Balaban J connectivity index is 1.44. The van der Waals surface area contributed by atoms with Gasteiger partial charge in [-0.1, -0.05) is 31.5 Å². The first-order valence-electron chi connectivity index (χ1n) is 8.69. The molecular weight excluding hydrogens is 326 g/mol. The van der Waals surface area contributed by atoms with Crippen molar-refractivity contribution in [3.63, 3.8) is 0 Å². The lowest BCUT2D eigenvalue weighted by Gasteiger charge is -2.29. The third-order valence-electron chi connectivity index (χ3n) is 4.76. The molecule has 2 aliphatic carbocycles. The maximum absolute atomic E-state index is 12.0. The summed E-state index contributed by atoms with van der Waals surface area (Å²) in [6.45, 7) is 4.07. The van der Waals surface area contributed by atoms with Crippen LogP contribution in [-0.4, -0.2) is 38.5 Å². The van der Waals surface area contributed by atoms with Gasteiger partial charge in [-0.25, -0.2) is 4.79 Å². The third-order valence-corrected chi connectivity index (χ3v) is 5.70. The number of hydrogen-bond donors (Lipinski definition) is 2.